The third-order valence-electron chi connectivity index (χ3n) is 3.36. The van der Waals surface area contributed by atoms with Gasteiger partial charge in [-0.15, -0.1) is 0 Å². The van der Waals surface area contributed by atoms with Crippen molar-refractivity contribution in [1.29, 1.82) is 0 Å². The predicted octanol–water partition coefficient (Wildman–Crippen LogP) is 3.47. The fourth-order valence-corrected chi connectivity index (χ4v) is 4.15. The molecule has 1 aliphatic heterocycles. The highest BCUT2D eigenvalue weighted by molar-refractivity contribution is 9.10. The van der Waals surface area contributed by atoms with Gasteiger partial charge in [-0.1, -0.05) is 22.0 Å². The van der Waals surface area contributed by atoms with Gasteiger partial charge in [-0.3, -0.25) is 0 Å². The Hall–Kier alpha value is -0.0600. The Bertz CT molecular complexity index is 380. The zero-order valence-corrected chi connectivity index (χ0v) is 12.3. The van der Waals surface area contributed by atoms with Crippen molar-refractivity contribution in [2.75, 3.05) is 18.6 Å². The van der Waals surface area contributed by atoms with E-state index >= 15 is 0 Å². The van der Waals surface area contributed by atoms with Crippen molar-refractivity contribution in [2.45, 2.75) is 18.9 Å². The molecule has 1 heterocycles. The van der Waals surface area contributed by atoms with E-state index in [4.69, 9.17) is 0 Å². The first-order chi connectivity index (χ1) is 8.20. The molecule has 0 spiro atoms. The summed E-state index contributed by atoms with van der Waals surface area (Å²) in [7, 11) is 2.02. The minimum Gasteiger partial charge on any atom is -0.316 e. The third kappa shape index (κ3) is 3.46. The molecule has 4 heteroatoms. The molecular weight excluding hydrogens is 301 g/mol. The van der Waals surface area contributed by atoms with Crippen molar-refractivity contribution in [3.63, 3.8) is 0 Å². The van der Waals surface area contributed by atoms with Crippen LogP contribution in [0.4, 0.5) is 4.39 Å². The van der Waals surface area contributed by atoms with Gasteiger partial charge in [0, 0.05) is 10.5 Å². The Balaban J connectivity index is 2.06. The average molecular weight is 318 g/mol. The molecule has 2 rings (SSSR count). The van der Waals surface area contributed by atoms with E-state index < -0.39 is 0 Å². The summed E-state index contributed by atoms with van der Waals surface area (Å²) in [6.45, 7) is 0. The standard InChI is InChI=1S/C13H17BrFNS/c1-16-13(10-4-5-17-8-10)6-9-2-3-11(15)7-12(9)14/h2-3,7,10,13,16H,4-6,8H2,1H3. The highest BCUT2D eigenvalue weighted by atomic mass is 79.9. The molecule has 0 aromatic heterocycles. The van der Waals surface area contributed by atoms with E-state index in [1.54, 1.807) is 6.07 Å². The summed E-state index contributed by atoms with van der Waals surface area (Å²) >= 11 is 5.47. The summed E-state index contributed by atoms with van der Waals surface area (Å²) in [5.74, 6) is 3.07. The molecule has 1 aromatic carbocycles. The van der Waals surface area contributed by atoms with Gasteiger partial charge in [0.2, 0.25) is 0 Å². The molecule has 17 heavy (non-hydrogen) atoms. The zero-order chi connectivity index (χ0) is 12.3. The van der Waals surface area contributed by atoms with E-state index in [0.29, 0.717) is 6.04 Å². The van der Waals surface area contributed by atoms with Gasteiger partial charge in [0.05, 0.1) is 0 Å². The van der Waals surface area contributed by atoms with Crippen molar-refractivity contribution < 1.29 is 4.39 Å². The SMILES string of the molecule is CNC(Cc1ccc(F)cc1Br)C1CCSC1. The number of rotatable bonds is 4. The van der Waals surface area contributed by atoms with Crippen molar-refractivity contribution in [1.82, 2.24) is 5.32 Å². The molecule has 0 bridgehead atoms. The number of hydrogen-bond acceptors (Lipinski definition) is 2. The summed E-state index contributed by atoms with van der Waals surface area (Å²) in [5, 5.41) is 3.41. The number of hydrogen-bond donors (Lipinski definition) is 1. The molecule has 2 unspecified atom stereocenters. The molecule has 1 N–H and O–H groups in total. The summed E-state index contributed by atoms with van der Waals surface area (Å²) < 4.78 is 13.9. The van der Waals surface area contributed by atoms with Crippen LogP contribution >= 0.6 is 27.7 Å². The Morgan fingerprint density at radius 2 is 2.41 bits per heavy atom. The van der Waals surface area contributed by atoms with Gasteiger partial charge in [-0.05, 0) is 55.0 Å². The van der Waals surface area contributed by atoms with Crippen LogP contribution in [0.1, 0.15) is 12.0 Å². The molecule has 1 saturated heterocycles. The fourth-order valence-electron chi connectivity index (χ4n) is 2.30. The number of nitrogens with one attached hydrogen (secondary N) is 1. The van der Waals surface area contributed by atoms with Crippen LogP contribution in [0, 0.1) is 11.7 Å². The zero-order valence-electron chi connectivity index (χ0n) is 9.88. The van der Waals surface area contributed by atoms with Crippen LogP contribution in [0.5, 0.6) is 0 Å². The molecule has 0 aliphatic carbocycles. The molecule has 1 fully saturated rings. The van der Waals surface area contributed by atoms with Gasteiger partial charge in [-0.2, -0.15) is 11.8 Å². The molecule has 94 valence electrons. The maximum atomic E-state index is 13.0. The monoisotopic (exact) mass is 317 g/mol. The molecule has 2 atom stereocenters. The molecule has 1 nitrogen and oxygen atoms in total. The van der Waals surface area contributed by atoms with Crippen LogP contribution in [0.15, 0.2) is 22.7 Å². The van der Waals surface area contributed by atoms with Gasteiger partial charge < -0.3 is 5.32 Å². The van der Waals surface area contributed by atoms with Crippen LogP contribution in [0.3, 0.4) is 0 Å². The van der Waals surface area contributed by atoms with E-state index in [-0.39, 0.29) is 5.82 Å². The van der Waals surface area contributed by atoms with Crippen molar-refractivity contribution in [3.8, 4) is 0 Å². The largest absolute Gasteiger partial charge is 0.316 e. The second kappa shape index (κ2) is 6.21. The first-order valence-corrected chi connectivity index (χ1v) is 7.84. The number of likely N-dealkylation sites (N-methyl/N-ethyl adjacent to an activating group) is 1. The number of benzene rings is 1. The fraction of sp³-hybridized carbons (Fsp3) is 0.538. The van der Waals surface area contributed by atoms with E-state index in [2.05, 4.69) is 21.2 Å². The molecule has 1 aromatic rings. The lowest BCUT2D eigenvalue weighted by atomic mass is 9.93. The first-order valence-electron chi connectivity index (χ1n) is 5.89. The van der Waals surface area contributed by atoms with E-state index in [9.17, 15) is 4.39 Å². The molecular formula is C13H17BrFNS. The summed E-state index contributed by atoms with van der Waals surface area (Å²) in [5.41, 5.74) is 1.18. The molecule has 0 amide bonds. The van der Waals surface area contributed by atoms with Gasteiger partial charge >= 0.3 is 0 Å². The Morgan fingerprint density at radius 3 is 3.00 bits per heavy atom. The van der Waals surface area contributed by atoms with Crippen LogP contribution in [0.2, 0.25) is 0 Å². The van der Waals surface area contributed by atoms with Gasteiger partial charge in [0.15, 0.2) is 0 Å². The van der Waals surface area contributed by atoms with Crippen LogP contribution < -0.4 is 5.32 Å². The first kappa shape index (κ1) is 13.4. The smallest absolute Gasteiger partial charge is 0.124 e. The summed E-state index contributed by atoms with van der Waals surface area (Å²) in [6.07, 6.45) is 2.25. The second-order valence-corrected chi connectivity index (χ2v) is 6.46. The highest BCUT2D eigenvalue weighted by Crippen LogP contribution is 2.29. The quantitative estimate of drug-likeness (QED) is 0.912. The minimum absolute atomic E-state index is 0.182. The predicted molar refractivity (Wildman–Crippen MR) is 76.1 cm³/mol. The maximum absolute atomic E-state index is 13.0. The lowest BCUT2D eigenvalue weighted by Crippen LogP contribution is -2.35. The Labute approximate surface area is 115 Å². The average Bonchev–Trinajstić information content (AvgIpc) is 2.81. The number of halogens is 2. The second-order valence-electron chi connectivity index (χ2n) is 4.46. The van der Waals surface area contributed by atoms with Gasteiger partial charge in [0.25, 0.3) is 0 Å². The van der Waals surface area contributed by atoms with Gasteiger partial charge in [-0.25, -0.2) is 4.39 Å². The van der Waals surface area contributed by atoms with Crippen molar-refractivity contribution >= 4 is 27.7 Å². The topological polar surface area (TPSA) is 12.0 Å². The van der Waals surface area contributed by atoms with E-state index in [1.165, 1.54) is 29.6 Å². The van der Waals surface area contributed by atoms with Crippen LogP contribution in [-0.2, 0) is 6.42 Å². The molecule has 0 radical (unpaired) electrons. The molecule has 0 saturated carbocycles. The molecule has 1 aliphatic rings. The lowest BCUT2D eigenvalue weighted by molar-refractivity contribution is 0.403. The Kier molecular flexibility index (Phi) is 4.88. The number of thioether (sulfide) groups is 1. The van der Waals surface area contributed by atoms with Crippen molar-refractivity contribution in [2.24, 2.45) is 5.92 Å². The summed E-state index contributed by atoms with van der Waals surface area (Å²) in [6, 6.07) is 5.46. The van der Waals surface area contributed by atoms with E-state index in [1.807, 2.05) is 24.9 Å². The Morgan fingerprint density at radius 1 is 1.59 bits per heavy atom. The van der Waals surface area contributed by atoms with E-state index in [0.717, 1.165) is 16.8 Å². The summed E-state index contributed by atoms with van der Waals surface area (Å²) in [4.78, 5) is 0. The third-order valence-corrected chi connectivity index (χ3v) is 5.29. The minimum atomic E-state index is -0.182. The van der Waals surface area contributed by atoms with Gasteiger partial charge in [0.1, 0.15) is 5.82 Å². The van der Waals surface area contributed by atoms with Crippen LogP contribution in [-0.4, -0.2) is 24.6 Å². The lowest BCUT2D eigenvalue weighted by Gasteiger charge is -2.23. The highest BCUT2D eigenvalue weighted by Gasteiger charge is 2.24. The normalized spacial score (nSPS) is 21.7. The van der Waals surface area contributed by atoms with Crippen molar-refractivity contribution in [3.05, 3.63) is 34.1 Å². The maximum Gasteiger partial charge on any atom is 0.124 e. The van der Waals surface area contributed by atoms with Crippen LogP contribution in [0.25, 0.3) is 0 Å².